The van der Waals surface area contributed by atoms with Gasteiger partial charge in [0.2, 0.25) is 11.8 Å². The Kier molecular flexibility index (Phi) is 6.52. The highest BCUT2D eigenvalue weighted by Crippen LogP contribution is 2.55. The fourth-order valence-corrected chi connectivity index (χ4v) is 7.87. The molecule has 5 fully saturated rings. The van der Waals surface area contributed by atoms with Gasteiger partial charge in [-0.1, -0.05) is 6.07 Å². The number of ether oxygens (including phenoxy) is 1. The van der Waals surface area contributed by atoms with Gasteiger partial charge in [0.25, 0.3) is 5.56 Å². The SMILES string of the molecule is Cc1nc2cccc(NCCOCCNC34CC5CC(CC(C5)C3)C4)c2c(=O)n1C1CCC(=O)NC1=O. The molecule has 1 atom stereocenters. The first-order valence-corrected chi connectivity index (χ1v) is 13.8. The summed E-state index contributed by atoms with van der Waals surface area (Å²) in [4.78, 5) is 42.1. The summed E-state index contributed by atoms with van der Waals surface area (Å²) in [6.07, 6.45) is 8.86. The number of fused-ring (bicyclic) bond motifs is 1. The van der Waals surface area contributed by atoms with E-state index in [0.29, 0.717) is 54.1 Å². The zero-order valence-corrected chi connectivity index (χ0v) is 21.6. The smallest absolute Gasteiger partial charge is 0.264 e. The van der Waals surface area contributed by atoms with E-state index in [-0.39, 0.29) is 17.9 Å². The average molecular weight is 508 g/mol. The van der Waals surface area contributed by atoms with E-state index in [0.717, 1.165) is 24.3 Å². The molecule has 2 amide bonds. The number of hydrogen-bond donors (Lipinski definition) is 3. The van der Waals surface area contributed by atoms with E-state index >= 15 is 0 Å². The van der Waals surface area contributed by atoms with Crippen LogP contribution in [0.5, 0.6) is 0 Å². The Hall–Kier alpha value is -2.78. The molecule has 1 aromatic heterocycles. The summed E-state index contributed by atoms with van der Waals surface area (Å²) in [5.74, 6) is 2.49. The fraction of sp³-hybridized carbons (Fsp3) is 0.643. The van der Waals surface area contributed by atoms with Crippen LogP contribution in [0.15, 0.2) is 23.0 Å². The third-order valence-electron chi connectivity index (χ3n) is 8.97. The van der Waals surface area contributed by atoms with Crippen LogP contribution in [-0.2, 0) is 14.3 Å². The highest BCUT2D eigenvalue weighted by atomic mass is 16.5. The number of aromatic nitrogens is 2. The van der Waals surface area contributed by atoms with E-state index in [1.54, 1.807) is 13.0 Å². The predicted octanol–water partition coefficient (Wildman–Crippen LogP) is 2.67. The Labute approximate surface area is 216 Å². The van der Waals surface area contributed by atoms with Crippen molar-refractivity contribution in [3.8, 4) is 0 Å². The van der Waals surface area contributed by atoms with Crippen molar-refractivity contribution in [2.45, 2.75) is 69.9 Å². The summed E-state index contributed by atoms with van der Waals surface area (Å²) >= 11 is 0. The van der Waals surface area contributed by atoms with E-state index in [1.807, 2.05) is 12.1 Å². The highest BCUT2D eigenvalue weighted by Gasteiger charge is 2.50. The number of aryl methyl sites for hydroxylation is 1. The minimum atomic E-state index is -0.736. The molecule has 9 nitrogen and oxygen atoms in total. The molecule has 1 saturated heterocycles. The molecule has 5 aliphatic rings. The van der Waals surface area contributed by atoms with Crippen LogP contribution < -0.4 is 21.5 Å². The Morgan fingerprint density at radius 3 is 2.46 bits per heavy atom. The number of piperidine rings is 1. The number of nitrogens with one attached hydrogen (secondary N) is 3. The van der Waals surface area contributed by atoms with Gasteiger partial charge in [-0.3, -0.25) is 24.3 Å². The summed E-state index contributed by atoms with van der Waals surface area (Å²) in [6, 6.07) is 4.78. The van der Waals surface area contributed by atoms with Gasteiger partial charge in [-0.15, -0.1) is 0 Å². The average Bonchev–Trinajstić information content (AvgIpc) is 2.83. The minimum Gasteiger partial charge on any atom is -0.382 e. The number of nitrogens with zero attached hydrogens (tertiary/aromatic N) is 2. The quantitative estimate of drug-likeness (QED) is 0.353. The van der Waals surface area contributed by atoms with Crippen LogP contribution in [-0.4, -0.2) is 53.2 Å². The van der Waals surface area contributed by atoms with Crippen molar-refractivity contribution in [2.75, 3.05) is 31.6 Å². The van der Waals surface area contributed by atoms with Crippen molar-refractivity contribution in [2.24, 2.45) is 17.8 Å². The maximum absolute atomic E-state index is 13.5. The van der Waals surface area contributed by atoms with Crippen molar-refractivity contribution < 1.29 is 14.3 Å². The molecule has 0 radical (unpaired) electrons. The maximum atomic E-state index is 13.5. The van der Waals surface area contributed by atoms with Crippen LogP contribution in [0.1, 0.15) is 63.2 Å². The van der Waals surface area contributed by atoms with Crippen molar-refractivity contribution in [1.29, 1.82) is 0 Å². The van der Waals surface area contributed by atoms with Crippen LogP contribution in [0.3, 0.4) is 0 Å². The Balaban J connectivity index is 1.05. The number of rotatable bonds is 9. The van der Waals surface area contributed by atoms with Crippen LogP contribution in [0.4, 0.5) is 5.69 Å². The van der Waals surface area contributed by atoms with Crippen molar-refractivity contribution in [1.82, 2.24) is 20.2 Å². The molecule has 7 rings (SSSR count). The van der Waals surface area contributed by atoms with Gasteiger partial charge in [-0.2, -0.15) is 0 Å². The fourth-order valence-electron chi connectivity index (χ4n) is 7.87. The molecular weight excluding hydrogens is 470 g/mol. The second-order valence-corrected chi connectivity index (χ2v) is 11.7. The molecule has 4 aliphatic carbocycles. The molecule has 198 valence electrons. The van der Waals surface area contributed by atoms with Gasteiger partial charge in [0.05, 0.1) is 24.1 Å². The van der Waals surface area contributed by atoms with Gasteiger partial charge in [-0.05, 0) is 81.8 Å². The predicted molar refractivity (Wildman–Crippen MR) is 140 cm³/mol. The zero-order chi connectivity index (χ0) is 25.6. The minimum absolute atomic E-state index is 0.204. The molecule has 1 aromatic carbocycles. The van der Waals surface area contributed by atoms with Crippen molar-refractivity contribution in [3.63, 3.8) is 0 Å². The topological polar surface area (TPSA) is 114 Å². The summed E-state index contributed by atoms with van der Waals surface area (Å²) in [7, 11) is 0. The summed E-state index contributed by atoms with van der Waals surface area (Å²) in [5.41, 5.74) is 1.33. The lowest BCUT2D eigenvalue weighted by Gasteiger charge is -2.57. The number of benzene rings is 1. The van der Waals surface area contributed by atoms with Gasteiger partial charge in [0.1, 0.15) is 11.9 Å². The Morgan fingerprint density at radius 2 is 1.76 bits per heavy atom. The molecular formula is C28H37N5O4. The molecule has 4 saturated carbocycles. The molecule has 2 heterocycles. The summed E-state index contributed by atoms with van der Waals surface area (Å²) < 4.78 is 7.33. The molecule has 1 unspecified atom stereocenters. The van der Waals surface area contributed by atoms with Gasteiger partial charge >= 0.3 is 0 Å². The molecule has 2 aromatic rings. The molecule has 0 spiro atoms. The lowest BCUT2D eigenvalue weighted by atomic mass is 9.53. The highest BCUT2D eigenvalue weighted by molar-refractivity contribution is 5.99. The van der Waals surface area contributed by atoms with Crippen molar-refractivity contribution >= 4 is 28.4 Å². The molecule has 4 bridgehead atoms. The number of imide groups is 1. The van der Waals surface area contributed by atoms with E-state index < -0.39 is 11.9 Å². The number of carbonyl (C=O) groups excluding carboxylic acids is 2. The maximum Gasteiger partial charge on any atom is 0.264 e. The number of hydrogen-bond acceptors (Lipinski definition) is 7. The lowest BCUT2D eigenvalue weighted by molar-refractivity contribution is -0.135. The van der Waals surface area contributed by atoms with Gasteiger partial charge in [0.15, 0.2) is 0 Å². The van der Waals surface area contributed by atoms with Gasteiger partial charge < -0.3 is 15.4 Å². The van der Waals surface area contributed by atoms with Crippen LogP contribution in [0.2, 0.25) is 0 Å². The number of amides is 2. The van der Waals surface area contributed by atoms with E-state index in [4.69, 9.17) is 4.74 Å². The molecule has 9 heteroatoms. The largest absolute Gasteiger partial charge is 0.382 e. The number of anilines is 1. The van der Waals surface area contributed by atoms with Crippen LogP contribution in [0.25, 0.3) is 10.9 Å². The monoisotopic (exact) mass is 507 g/mol. The first-order valence-electron chi connectivity index (χ1n) is 13.8. The van der Waals surface area contributed by atoms with E-state index in [2.05, 4.69) is 20.9 Å². The van der Waals surface area contributed by atoms with E-state index in [1.165, 1.54) is 43.1 Å². The lowest BCUT2D eigenvalue weighted by Crippen LogP contribution is -2.58. The summed E-state index contributed by atoms with van der Waals surface area (Å²) in [5, 5.41) is 9.98. The second kappa shape index (κ2) is 9.83. The molecule has 1 aliphatic heterocycles. The molecule has 37 heavy (non-hydrogen) atoms. The van der Waals surface area contributed by atoms with Crippen LogP contribution in [0, 0.1) is 24.7 Å². The second-order valence-electron chi connectivity index (χ2n) is 11.7. The third-order valence-corrected chi connectivity index (χ3v) is 8.97. The van der Waals surface area contributed by atoms with E-state index in [9.17, 15) is 14.4 Å². The first-order chi connectivity index (χ1) is 17.9. The third kappa shape index (κ3) is 4.79. The normalized spacial score (nSPS) is 30.6. The number of carbonyl (C=O) groups is 2. The van der Waals surface area contributed by atoms with Gasteiger partial charge in [-0.25, -0.2) is 4.98 Å². The van der Waals surface area contributed by atoms with Crippen molar-refractivity contribution in [3.05, 3.63) is 34.4 Å². The Bertz CT molecular complexity index is 1240. The zero-order valence-electron chi connectivity index (χ0n) is 21.6. The Morgan fingerprint density at radius 1 is 1.05 bits per heavy atom. The van der Waals surface area contributed by atoms with Gasteiger partial charge in [0, 0.05) is 30.7 Å². The standard InChI is InChI=1S/C28H37N5O4/c1-17-31-22-4-2-3-21(25(22)27(36)33(17)23-5-6-24(34)32-26(23)35)29-7-9-37-10-8-30-28-14-18-11-19(15-28)13-20(12-18)16-28/h2-4,18-20,23,29-30H,5-16H2,1H3,(H,32,34,35). The summed E-state index contributed by atoms with van der Waals surface area (Å²) in [6.45, 7) is 4.35. The first kappa shape index (κ1) is 24.6. The van der Waals surface area contributed by atoms with Crippen LogP contribution >= 0.6 is 0 Å². The molecule has 3 N–H and O–H groups in total.